The van der Waals surface area contributed by atoms with E-state index in [1.165, 1.54) is 0 Å². The highest BCUT2D eigenvalue weighted by Gasteiger charge is 2.15. The molecule has 0 saturated carbocycles. The van der Waals surface area contributed by atoms with Crippen LogP contribution in [0.3, 0.4) is 0 Å². The molecule has 0 radical (unpaired) electrons. The van der Waals surface area contributed by atoms with E-state index in [0.29, 0.717) is 11.5 Å². The number of hydrogen-bond acceptors (Lipinski definition) is 4. The molecular weight excluding hydrogens is 250 g/mol. The van der Waals surface area contributed by atoms with Crippen molar-refractivity contribution < 1.29 is 4.74 Å². The molecule has 0 bridgehead atoms. The van der Waals surface area contributed by atoms with Gasteiger partial charge in [0.2, 0.25) is 0 Å². The highest BCUT2D eigenvalue weighted by atomic mass is 16.5. The summed E-state index contributed by atoms with van der Waals surface area (Å²) in [5, 5.41) is 13.7. The minimum absolute atomic E-state index is 0.603. The normalized spacial score (nSPS) is 18.1. The minimum atomic E-state index is 0.603. The summed E-state index contributed by atoms with van der Waals surface area (Å²) in [6, 6.07) is 10.1. The third kappa shape index (κ3) is 2.59. The van der Waals surface area contributed by atoms with E-state index >= 15 is 0 Å². The molecule has 1 fully saturated rings. The molecule has 102 valence electrons. The summed E-state index contributed by atoms with van der Waals surface area (Å²) in [4.78, 5) is 4.32. The number of para-hydroxylation sites is 1. The number of ether oxygens (including phenoxy) is 1. The van der Waals surface area contributed by atoms with E-state index in [9.17, 15) is 5.26 Å². The quantitative estimate of drug-likeness (QED) is 0.925. The first-order valence-electron chi connectivity index (χ1n) is 6.98. The van der Waals surface area contributed by atoms with Crippen molar-refractivity contribution in [2.24, 2.45) is 5.92 Å². The molecule has 2 aromatic rings. The topological polar surface area (TPSA) is 57.9 Å². The highest BCUT2D eigenvalue weighted by Crippen LogP contribution is 2.26. The molecule has 0 spiro atoms. The van der Waals surface area contributed by atoms with E-state index in [-0.39, 0.29) is 0 Å². The van der Waals surface area contributed by atoms with Crippen LogP contribution < -0.4 is 5.32 Å². The number of pyridine rings is 1. The van der Waals surface area contributed by atoms with Gasteiger partial charge < -0.3 is 10.1 Å². The Kier molecular flexibility index (Phi) is 3.80. The molecular formula is C16H17N3O. The second-order valence-electron chi connectivity index (χ2n) is 5.12. The number of nitrogens with one attached hydrogen (secondary N) is 1. The van der Waals surface area contributed by atoms with Crippen LogP contribution in [0.5, 0.6) is 0 Å². The number of aromatic nitrogens is 1. The zero-order chi connectivity index (χ0) is 13.8. The lowest BCUT2D eigenvalue weighted by molar-refractivity contribution is 0.185. The average molecular weight is 267 g/mol. The average Bonchev–Trinajstić information content (AvgIpc) is 3.00. The number of anilines is 1. The van der Waals surface area contributed by atoms with Crippen molar-refractivity contribution >= 4 is 16.6 Å². The number of nitrogens with zero attached hydrogens (tertiary/aromatic N) is 2. The van der Waals surface area contributed by atoms with Gasteiger partial charge in [-0.15, -0.1) is 0 Å². The highest BCUT2D eigenvalue weighted by molar-refractivity contribution is 5.93. The standard InChI is InChI=1S/C16H17N3O/c17-9-13-10-19-15-4-2-1-3-14(15)16(13)18-7-5-12-6-8-20-11-12/h1-4,10,12H,5-8,11H2,(H,18,19). The molecule has 3 rings (SSSR count). The lowest BCUT2D eigenvalue weighted by Crippen LogP contribution is -2.10. The summed E-state index contributed by atoms with van der Waals surface area (Å²) in [7, 11) is 0. The maximum Gasteiger partial charge on any atom is 0.103 e. The maximum atomic E-state index is 9.24. The van der Waals surface area contributed by atoms with Gasteiger partial charge in [-0.05, 0) is 24.8 Å². The predicted octanol–water partition coefficient (Wildman–Crippen LogP) is 2.94. The maximum absolute atomic E-state index is 9.24. The molecule has 1 unspecified atom stereocenters. The largest absolute Gasteiger partial charge is 0.383 e. The molecule has 20 heavy (non-hydrogen) atoms. The van der Waals surface area contributed by atoms with Crippen LogP contribution in [0.1, 0.15) is 18.4 Å². The number of benzene rings is 1. The predicted molar refractivity (Wildman–Crippen MR) is 78.5 cm³/mol. The van der Waals surface area contributed by atoms with Crippen LogP contribution >= 0.6 is 0 Å². The Morgan fingerprint density at radius 1 is 1.40 bits per heavy atom. The van der Waals surface area contributed by atoms with Gasteiger partial charge in [0.1, 0.15) is 6.07 Å². The Morgan fingerprint density at radius 2 is 2.30 bits per heavy atom. The molecule has 1 aliphatic rings. The lowest BCUT2D eigenvalue weighted by atomic mass is 10.0. The third-order valence-electron chi connectivity index (χ3n) is 3.77. The summed E-state index contributed by atoms with van der Waals surface area (Å²) in [5.41, 5.74) is 2.42. The monoisotopic (exact) mass is 267 g/mol. The Balaban J connectivity index is 1.79. The summed E-state index contributed by atoms with van der Waals surface area (Å²) < 4.78 is 5.38. The molecule has 1 aromatic carbocycles. The van der Waals surface area contributed by atoms with Gasteiger partial charge in [0, 0.05) is 31.3 Å². The molecule has 1 saturated heterocycles. The van der Waals surface area contributed by atoms with E-state index < -0.39 is 0 Å². The van der Waals surface area contributed by atoms with Crippen molar-refractivity contribution in [3.63, 3.8) is 0 Å². The van der Waals surface area contributed by atoms with Crippen LogP contribution in [0, 0.1) is 17.2 Å². The van der Waals surface area contributed by atoms with E-state index in [1.54, 1.807) is 6.20 Å². The first-order chi connectivity index (χ1) is 9.88. The van der Waals surface area contributed by atoms with Gasteiger partial charge >= 0.3 is 0 Å². The Bertz CT molecular complexity index is 642. The smallest absolute Gasteiger partial charge is 0.103 e. The fourth-order valence-corrected chi connectivity index (χ4v) is 2.63. The zero-order valence-electron chi connectivity index (χ0n) is 11.3. The van der Waals surface area contributed by atoms with Crippen molar-refractivity contribution in [1.82, 2.24) is 4.98 Å². The van der Waals surface area contributed by atoms with Crippen LogP contribution in [0.15, 0.2) is 30.5 Å². The minimum Gasteiger partial charge on any atom is -0.383 e. The summed E-state index contributed by atoms with van der Waals surface area (Å²) >= 11 is 0. The van der Waals surface area contributed by atoms with Gasteiger partial charge in [0.15, 0.2) is 0 Å². The van der Waals surface area contributed by atoms with Gasteiger partial charge in [-0.3, -0.25) is 4.98 Å². The fraction of sp³-hybridized carbons (Fsp3) is 0.375. The summed E-state index contributed by atoms with van der Waals surface area (Å²) in [5.74, 6) is 0.640. The summed E-state index contributed by atoms with van der Waals surface area (Å²) in [6.07, 6.45) is 3.86. The van der Waals surface area contributed by atoms with E-state index in [2.05, 4.69) is 16.4 Å². The van der Waals surface area contributed by atoms with Crippen LogP contribution in [0.4, 0.5) is 5.69 Å². The lowest BCUT2D eigenvalue weighted by Gasteiger charge is -2.13. The van der Waals surface area contributed by atoms with E-state index in [0.717, 1.165) is 49.2 Å². The Labute approximate surface area is 118 Å². The van der Waals surface area contributed by atoms with E-state index in [1.807, 2.05) is 24.3 Å². The first-order valence-corrected chi connectivity index (χ1v) is 6.98. The van der Waals surface area contributed by atoms with Gasteiger partial charge in [-0.1, -0.05) is 18.2 Å². The van der Waals surface area contributed by atoms with Crippen molar-refractivity contribution in [3.8, 4) is 6.07 Å². The number of fused-ring (bicyclic) bond motifs is 1. The van der Waals surface area contributed by atoms with Crippen LogP contribution in [0.2, 0.25) is 0 Å². The molecule has 4 heteroatoms. The number of hydrogen-bond donors (Lipinski definition) is 1. The van der Waals surface area contributed by atoms with Crippen molar-refractivity contribution in [1.29, 1.82) is 5.26 Å². The molecule has 1 atom stereocenters. The molecule has 1 N–H and O–H groups in total. The third-order valence-corrected chi connectivity index (χ3v) is 3.77. The summed E-state index contributed by atoms with van der Waals surface area (Å²) in [6.45, 7) is 2.60. The van der Waals surface area contributed by atoms with Crippen LogP contribution in [-0.4, -0.2) is 24.7 Å². The zero-order valence-corrected chi connectivity index (χ0v) is 11.3. The fourth-order valence-electron chi connectivity index (χ4n) is 2.63. The number of nitriles is 1. The van der Waals surface area contributed by atoms with Crippen molar-refractivity contribution in [2.75, 3.05) is 25.1 Å². The van der Waals surface area contributed by atoms with Gasteiger partial charge in [0.05, 0.1) is 16.8 Å². The molecule has 1 aromatic heterocycles. The van der Waals surface area contributed by atoms with Gasteiger partial charge in [-0.25, -0.2) is 0 Å². The van der Waals surface area contributed by atoms with Crippen molar-refractivity contribution in [2.45, 2.75) is 12.8 Å². The van der Waals surface area contributed by atoms with Crippen LogP contribution in [0.25, 0.3) is 10.9 Å². The SMILES string of the molecule is N#Cc1cnc2ccccc2c1NCCC1CCOC1. The molecule has 1 aliphatic heterocycles. The second-order valence-corrected chi connectivity index (χ2v) is 5.12. The molecule has 2 heterocycles. The Hall–Kier alpha value is -2.12. The molecule has 0 amide bonds. The van der Waals surface area contributed by atoms with E-state index in [4.69, 9.17) is 4.74 Å². The van der Waals surface area contributed by atoms with Gasteiger partial charge in [-0.2, -0.15) is 5.26 Å². The first kappa shape index (κ1) is 12.9. The number of rotatable bonds is 4. The second kappa shape index (κ2) is 5.89. The Morgan fingerprint density at radius 3 is 3.10 bits per heavy atom. The van der Waals surface area contributed by atoms with Gasteiger partial charge in [0.25, 0.3) is 0 Å². The van der Waals surface area contributed by atoms with Crippen molar-refractivity contribution in [3.05, 3.63) is 36.0 Å². The molecule has 0 aliphatic carbocycles. The molecule has 4 nitrogen and oxygen atoms in total. The van der Waals surface area contributed by atoms with Crippen LogP contribution in [-0.2, 0) is 4.74 Å².